The first-order valence-corrected chi connectivity index (χ1v) is 12.6. The first-order valence-electron chi connectivity index (χ1n) is 11.2. The van der Waals surface area contributed by atoms with E-state index in [-0.39, 0.29) is 17.3 Å². The van der Waals surface area contributed by atoms with Crippen LogP contribution in [0.1, 0.15) is 29.5 Å². The molecule has 0 saturated carbocycles. The van der Waals surface area contributed by atoms with Crippen LogP contribution in [0.4, 0.5) is 5.69 Å². The fourth-order valence-electron chi connectivity index (χ4n) is 3.58. The summed E-state index contributed by atoms with van der Waals surface area (Å²) in [5, 5.41) is 8.89. The highest BCUT2D eigenvalue weighted by Gasteiger charge is 2.24. The second-order valence-electron chi connectivity index (χ2n) is 8.20. The average Bonchev–Trinajstić information content (AvgIpc) is 2.86. The minimum absolute atomic E-state index is 0.00277. The fourth-order valence-corrected chi connectivity index (χ4v) is 5.09. The van der Waals surface area contributed by atoms with E-state index in [2.05, 4.69) is 6.07 Å². The van der Waals surface area contributed by atoms with Crippen molar-refractivity contribution in [1.82, 2.24) is 4.90 Å². The Morgan fingerprint density at radius 1 is 0.912 bits per heavy atom. The molecule has 0 N–H and O–H groups in total. The molecule has 3 rings (SSSR count). The minimum Gasteiger partial charge on any atom is -0.346 e. The Balaban J connectivity index is 1.62. The topological polar surface area (TPSA) is 81.5 Å². The minimum atomic E-state index is -3.73. The van der Waals surface area contributed by atoms with Gasteiger partial charge in [0.25, 0.3) is 10.0 Å². The molecule has 0 radical (unpaired) electrons. The maximum absolute atomic E-state index is 13.4. The zero-order chi connectivity index (χ0) is 24.6. The lowest BCUT2D eigenvalue weighted by atomic mass is 10.1. The molecule has 0 saturated heterocycles. The first kappa shape index (κ1) is 25.0. The third kappa shape index (κ3) is 6.46. The van der Waals surface area contributed by atoms with Gasteiger partial charge >= 0.3 is 0 Å². The normalized spacial score (nSPS) is 11.0. The number of hydrogen-bond acceptors (Lipinski definition) is 4. The monoisotopic (exact) mass is 475 g/mol. The lowest BCUT2D eigenvalue weighted by Crippen LogP contribution is -2.35. The number of sulfonamides is 1. The van der Waals surface area contributed by atoms with Gasteiger partial charge in [0, 0.05) is 26.6 Å². The Hall–Kier alpha value is -3.63. The Labute approximate surface area is 202 Å². The summed E-state index contributed by atoms with van der Waals surface area (Å²) in [6.45, 7) is 2.62. The SMILES string of the molecule is Cc1ccc(S(=O)(=O)N(CCCN(C)C(=O)CCc2ccc(C#N)cc2)c2ccccc2)cc1. The van der Waals surface area contributed by atoms with E-state index in [4.69, 9.17) is 5.26 Å². The first-order chi connectivity index (χ1) is 16.3. The molecule has 0 bridgehead atoms. The van der Waals surface area contributed by atoms with E-state index >= 15 is 0 Å². The molecule has 0 aliphatic carbocycles. The van der Waals surface area contributed by atoms with E-state index in [0.717, 1.165) is 11.1 Å². The summed E-state index contributed by atoms with van der Waals surface area (Å²) in [6.07, 6.45) is 1.44. The zero-order valence-electron chi connectivity index (χ0n) is 19.5. The second-order valence-corrected chi connectivity index (χ2v) is 10.1. The Morgan fingerprint density at radius 3 is 2.18 bits per heavy atom. The van der Waals surface area contributed by atoms with Crippen molar-refractivity contribution in [2.24, 2.45) is 0 Å². The molecule has 0 spiro atoms. The number of benzene rings is 3. The number of rotatable bonds is 10. The van der Waals surface area contributed by atoms with E-state index in [1.807, 2.05) is 37.3 Å². The molecule has 0 unspecified atom stereocenters. The standard InChI is InChI=1S/C27H29N3O3S/c1-22-9-16-26(17-10-22)34(32,33)30(25-7-4-3-5-8-25)20-6-19-29(2)27(31)18-15-23-11-13-24(21-28)14-12-23/h3-5,7-14,16-17H,6,15,18-20H2,1-2H3. The van der Waals surface area contributed by atoms with Gasteiger partial charge in [-0.2, -0.15) is 5.26 Å². The molecule has 3 aromatic rings. The molecule has 0 atom stereocenters. The highest BCUT2D eigenvalue weighted by Crippen LogP contribution is 2.24. The molecule has 6 nitrogen and oxygen atoms in total. The third-order valence-electron chi connectivity index (χ3n) is 5.64. The quantitative estimate of drug-likeness (QED) is 0.431. The summed E-state index contributed by atoms with van der Waals surface area (Å²) in [4.78, 5) is 14.5. The lowest BCUT2D eigenvalue weighted by Gasteiger charge is -2.26. The Kier molecular flexibility index (Phi) is 8.44. The van der Waals surface area contributed by atoms with Crippen LogP contribution in [0.15, 0.2) is 83.8 Å². The highest BCUT2D eigenvalue weighted by atomic mass is 32.2. The summed E-state index contributed by atoms with van der Waals surface area (Å²) < 4.78 is 28.2. The van der Waals surface area contributed by atoms with Crippen molar-refractivity contribution in [3.63, 3.8) is 0 Å². The second kappa shape index (κ2) is 11.5. The lowest BCUT2D eigenvalue weighted by molar-refractivity contribution is -0.129. The van der Waals surface area contributed by atoms with Crippen molar-refractivity contribution >= 4 is 21.6 Å². The number of nitrogens with zero attached hydrogens (tertiary/aromatic N) is 3. The summed E-state index contributed by atoms with van der Waals surface area (Å²) in [7, 11) is -2.00. The molecule has 3 aromatic carbocycles. The van der Waals surface area contributed by atoms with Crippen molar-refractivity contribution in [2.45, 2.75) is 31.1 Å². The number of carbonyl (C=O) groups excluding carboxylic acids is 1. The van der Waals surface area contributed by atoms with Crippen LogP contribution in [0.3, 0.4) is 0 Å². The maximum Gasteiger partial charge on any atom is 0.264 e. The van der Waals surface area contributed by atoms with Crippen LogP contribution in [0, 0.1) is 18.3 Å². The molecule has 1 amide bonds. The number of amides is 1. The average molecular weight is 476 g/mol. The van der Waals surface area contributed by atoms with Crippen LogP contribution in [0.2, 0.25) is 0 Å². The smallest absolute Gasteiger partial charge is 0.264 e. The van der Waals surface area contributed by atoms with Gasteiger partial charge in [0.15, 0.2) is 0 Å². The van der Waals surface area contributed by atoms with Crippen molar-refractivity contribution in [2.75, 3.05) is 24.4 Å². The van der Waals surface area contributed by atoms with Gasteiger partial charge in [0.2, 0.25) is 5.91 Å². The van der Waals surface area contributed by atoms with Crippen LogP contribution in [-0.2, 0) is 21.2 Å². The van der Waals surface area contributed by atoms with Gasteiger partial charge in [-0.15, -0.1) is 0 Å². The summed E-state index contributed by atoms with van der Waals surface area (Å²) in [5.74, 6) is -0.00277. The van der Waals surface area contributed by atoms with Gasteiger partial charge in [-0.25, -0.2) is 8.42 Å². The van der Waals surface area contributed by atoms with Gasteiger partial charge in [0.05, 0.1) is 22.2 Å². The molecule has 0 aliphatic rings. The number of hydrogen-bond donors (Lipinski definition) is 0. The van der Waals surface area contributed by atoms with Crippen molar-refractivity contribution in [1.29, 1.82) is 5.26 Å². The summed E-state index contributed by atoms with van der Waals surface area (Å²) in [6, 6.07) is 25.1. The molecule has 0 heterocycles. The zero-order valence-corrected chi connectivity index (χ0v) is 20.3. The molecular formula is C27H29N3O3S. The molecular weight excluding hydrogens is 446 g/mol. The van der Waals surface area contributed by atoms with Crippen LogP contribution >= 0.6 is 0 Å². The van der Waals surface area contributed by atoms with Crippen molar-refractivity contribution in [3.05, 3.63) is 95.6 Å². The summed E-state index contributed by atoms with van der Waals surface area (Å²) in [5.41, 5.74) is 3.18. The van der Waals surface area contributed by atoms with Crippen molar-refractivity contribution in [3.8, 4) is 6.07 Å². The van der Waals surface area contributed by atoms with Gasteiger partial charge in [-0.05, 0) is 61.7 Å². The predicted molar refractivity (Wildman–Crippen MR) is 134 cm³/mol. The van der Waals surface area contributed by atoms with E-state index in [1.165, 1.54) is 4.31 Å². The molecule has 176 valence electrons. The maximum atomic E-state index is 13.4. The number of aryl methyl sites for hydroxylation is 2. The number of para-hydroxylation sites is 1. The van der Waals surface area contributed by atoms with Gasteiger partial charge in [-0.3, -0.25) is 9.10 Å². The number of nitriles is 1. The van der Waals surface area contributed by atoms with E-state index < -0.39 is 10.0 Å². The van der Waals surface area contributed by atoms with Crippen molar-refractivity contribution < 1.29 is 13.2 Å². The molecule has 34 heavy (non-hydrogen) atoms. The summed E-state index contributed by atoms with van der Waals surface area (Å²) >= 11 is 0. The fraction of sp³-hybridized carbons (Fsp3) is 0.259. The Morgan fingerprint density at radius 2 is 1.56 bits per heavy atom. The van der Waals surface area contributed by atoms with E-state index in [0.29, 0.717) is 37.1 Å². The number of carbonyl (C=O) groups is 1. The predicted octanol–water partition coefficient (Wildman–Crippen LogP) is 4.54. The molecule has 0 fully saturated rings. The largest absolute Gasteiger partial charge is 0.346 e. The van der Waals surface area contributed by atoms with Gasteiger partial charge < -0.3 is 4.90 Å². The highest BCUT2D eigenvalue weighted by molar-refractivity contribution is 7.92. The Bertz CT molecular complexity index is 1230. The van der Waals surface area contributed by atoms with Gasteiger partial charge in [0.1, 0.15) is 0 Å². The van der Waals surface area contributed by atoms with E-state index in [1.54, 1.807) is 60.5 Å². The molecule has 0 aliphatic heterocycles. The third-order valence-corrected chi connectivity index (χ3v) is 7.49. The number of anilines is 1. The molecule has 0 aromatic heterocycles. The molecule has 7 heteroatoms. The van der Waals surface area contributed by atoms with Crippen LogP contribution in [-0.4, -0.2) is 39.4 Å². The van der Waals surface area contributed by atoms with Crippen LogP contribution < -0.4 is 4.31 Å². The van der Waals surface area contributed by atoms with Crippen LogP contribution in [0.5, 0.6) is 0 Å². The van der Waals surface area contributed by atoms with Gasteiger partial charge in [-0.1, -0.05) is 48.0 Å². The van der Waals surface area contributed by atoms with E-state index in [9.17, 15) is 13.2 Å². The van der Waals surface area contributed by atoms with Crippen LogP contribution in [0.25, 0.3) is 0 Å².